The highest BCUT2D eigenvalue weighted by molar-refractivity contribution is 5.32. The molecule has 1 aromatic carbocycles. The molecule has 0 amide bonds. The van der Waals surface area contributed by atoms with E-state index in [-0.39, 0.29) is 0 Å². The first-order valence-corrected chi connectivity index (χ1v) is 7.04. The van der Waals surface area contributed by atoms with E-state index >= 15 is 0 Å². The average molecular weight is 266 g/mol. The van der Waals surface area contributed by atoms with Gasteiger partial charge in [-0.2, -0.15) is 5.26 Å². The number of hydrogen-bond donors (Lipinski definition) is 0. The Hall–Kier alpha value is -2.12. The molecule has 0 saturated carbocycles. The SMILES string of the molecule is N#Cc1cccc(CN2CCC[C@H]2Cn2ccnc2)c1. The predicted molar refractivity (Wildman–Crippen MR) is 76.8 cm³/mol. The summed E-state index contributed by atoms with van der Waals surface area (Å²) in [4.78, 5) is 6.61. The van der Waals surface area contributed by atoms with Gasteiger partial charge in [-0.1, -0.05) is 12.1 Å². The van der Waals surface area contributed by atoms with Gasteiger partial charge in [0.2, 0.25) is 0 Å². The zero-order valence-electron chi connectivity index (χ0n) is 11.4. The van der Waals surface area contributed by atoms with Crippen LogP contribution in [0, 0.1) is 11.3 Å². The van der Waals surface area contributed by atoms with Crippen LogP contribution in [0.4, 0.5) is 0 Å². The number of imidazole rings is 1. The molecule has 2 aromatic rings. The van der Waals surface area contributed by atoms with Crippen LogP contribution >= 0.6 is 0 Å². The number of benzene rings is 1. The lowest BCUT2D eigenvalue weighted by atomic mass is 10.1. The Bertz CT molecular complexity index is 597. The highest BCUT2D eigenvalue weighted by Gasteiger charge is 2.24. The molecule has 20 heavy (non-hydrogen) atoms. The van der Waals surface area contributed by atoms with Gasteiger partial charge < -0.3 is 4.57 Å². The van der Waals surface area contributed by atoms with Crippen molar-refractivity contribution in [3.63, 3.8) is 0 Å². The molecule has 3 rings (SSSR count). The third kappa shape index (κ3) is 2.89. The lowest BCUT2D eigenvalue weighted by Gasteiger charge is -2.24. The predicted octanol–water partition coefficient (Wildman–Crippen LogP) is 2.42. The molecule has 0 spiro atoms. The van der Waals surface area contributed by atoms with Crippen LogP contribution in [0.1, 0.15) is 24.0 Å². The number of nitriles is 1. The second-order valence-electron chi connectivity index (χ2n) is 5.34. The van der Waals surface area contributed by atoms with Crippen molar-refractivity contribution >= 4 is 0 Å². The van der Waals surface area contributed by atoms with E-state index in [2.05, 4.69) is 26.6 Å². The summed E-state index contributed by atoms with van der Waals surface area (Å²) in [6, 6.07) is 10.7. The first-order valence-electron chi connectivity index (χ1n) is 7.04. The Morgan fingerprint density at radius 1 is 1.40 bits per heavy atom. The molecule has 0 radical (unpaired) electrons. The quantitative estimate of drug-likeness (QED) is 0.853. The van der Waals surface area contributed by atoms with Crippen molar-refractivity contribution in [3.8, 4) is 6.07 Å². The Morgan fingerprint density at radius 3 is 3.15 bits per heavy atom. The molecule has 0 bridgehead atoms. The van der Waals surface area contributed by atoms with Crippen molar-refractivity contribution in [2.24, 2.45) is 0 Å². The fourth-order valence-electron chi connectivity index (χ4n) is 2.92. The first-order chi connectivity index (χ1) is 9.85. The minimum absolute atomic E-state index is 0.565. The molecular weight excluding hydrogens is 248 g/mol. The van der Waals surface area contributed by atoms with Gasteiger partial charge >= 0.3 is 0 Å². The molecule has 4 heteroatoms. The fraction of sp³-hybridized carbons (Fsp3) is 0.375. The molecule has 0 aliphatic carbocycles. The lowest BCUT2D eigenvalue weighted by Crippen LogP contribution is -2.32. The number of likely N-dealkylation sites (tertiary alicyclic amines) is 1. The van der Waals surface area contributed by atoms with Crippen LogP contribution in [0.5, 0.6) is 0 Å². The van der Waals surface area contributed by atoms with E-state index in [1.165, 1.54) is 18.4 Å². The summed E-state index contributed by atoms with van der Waals surface area (Å²) >= 11 is 0. The van der Waals surface area contributed by atoms with Crippen molar-refractivity contribution < 1.29 is 0 Å². The van der Waals surface area contributed by atoms with Gasteiger partial charge in [-0.15, -0.1) is 0 Å². The van der Waals surface area contributed by atoms with Gasteiger partial charge in [0.25, 0.3) is 0 Å². The highest BCUT2D eigenvalue weighted by atomic mass is 15.2. The summed E-state index contributed by atoms with van der Waals surface area (Å²) in [5.41, 5.74) is 1.97. The molecule has 1 fully saturated rings. The summed E-state index contributed by atoms with van der Waals surface area (Å²) in [6.45, 7) is 3.06. The summed E-state index contributed by atoms with van der Waals surface area (Å²) in [7, 11) is 0. The zero-order valence-corrected chi connectivity index (χ0v) is 11.4. The number of aromatic nitrogens is 2. The molecule has 1 aliphatic rings. The highest BCUT2D eigenvalue weighted by Crippen LogP contribution is 2.21. The third-order valence-corrected chi connectivity index (χ3v) is 3.92. The fourth-order valence-corrected chi connectivity index (χ4v) is 2.92. The van der Waals surface area contributed by atoms with Crippen LogP contribution in [-0.4, -0.2) is 27.0 Å². The summed E-state index contributed by atoms with van der Waals surface area (Å²) in [5.74, 6) is 0. The van der Waals surface area contributed by atoms with E-state index in [1.54, 1.807) is 0 Å². The number of rotatable bonds is 4. The van der Waals surface area contributed by atoms with E-state index in [0.29, 0.717) is 6.04 Å². The number of nitrogens with zero attached hydrogens (tertiary/aromatic N) is 4. The first kappa shape index (κ1) is 12.9. The number of hydrogen-bond acceptors (Lipinski definition) is 3. The average Bonchev–Trinajstić information content (AvgIpc) is 3.12. The van der Waals surface area contributed by atoms with Crippen LogP contribution in [0.25, 0.3) is 0 Å². The maximum Gasteiger partial charge on any atom is 0.0991 e. The summed E-state index contributed by atoms with van der Waals surface area (Å²) in [6.07, 6.45) is 8.21. The van der Waals surface area contributed by atoms with Crippen molar-refractivity contribution in [1.82, 2.24) is 14.5 Å². The van der Waals surface area contributed by atoms with Crippen LogP contribution in [0.15, 0.2) is 43.0 Å². The van der Waals surface area contributed by atoms with Crippen LogP contribution in [0.3, 0.4) is 0 Å². The summed E-state index contributed by atoms with van der Waals surface area (Å²) in [5, 5.41) is 8.97. The topological polar surface area (TPSA) is 44.9 Å². The Morgan fingerprint density at radius 2 is 2.35 bits per heavy atom. The molecule has 4 nitrogen and oxygen atoms in total. The normalized spacial score (nSPS) is 19.1. The van der Waals surface area contributed by atoms with Crippen molar-refractivity contribution in [2.45, 2.75) is 32.0 Å². The Balaban J connectivity index is 1.68. The maximum absolute atomic E-state index is 8.97. The lowest BCUT2D eigenvalue weighted by molar-refractivity contribution is 0.224. The van der Waals surface area contributed by atoms with Gasteiger partial charge in [0.05, 0.1) is 18.0 Å². The zero-order chi connectivity index (χ0) is 13.8. The third-order valence-electron chi connectivity index (χ3n) is 3.92. The van der Waals surface area contributed by atoms with Gasteiger partial charge in [0, 0.05) is 31.5 Å². The molecule has 102 valence electrons. The van der Waals surface area contributed by atoms with E-state index < -0.39 is 0 Å². The smallest absolute Gasteiger partial charge is 0.0991 e. The molecule has 0 N–H and O–H groups in total. The van der Waals surface area contributed by atoms with Crippen molar-refractivity contribution in [1.29, 1.82) is 5.26 Å². The molecule has 1 aliphatic heterocycles. The largest absolute Gasteiger partial charge is 0.336 e. The van der Waals surface area contributed by atoms with E-state index in [9.17, 15) is 0 Å². The molecular formula is C16H18N4. The molecule has 1 saturated heterocycles. The van der Waals surface area contributed by atoms with Crippen molar-refractivity contribution in [3.05, 3.63) is 54.1 Å². The van der Waals surface area contributed by atoms with Gasteiger partial charge in [0.1, 0.15) is 0 Å². The van der Waals surface area contributed by atoms with Gasteiger partial charge in [-0.25, -0.2) is 4.98 Å². The van der Waals surface area contributed by atoms with E-state index in [1.807, 2.05) is 36.9 Å². The van der Waals surface area contributed by atoms with Crippen LogP contribution in [-0.2, 0) is 13.1 Å². The minimum Gasteiger partial charge on any atom is -0.336 e. The van der Waals surface area contributed by atoms with Crippen LogP contribution in [0.2, 0.25) is 0 Å². The standard InChI is InChI=1S/C16H18N4/c17-10-14-3-1-4-15(9-14)11-20-7-2-5-16(20)12-19-8-6-18-13-19/h1,3-4,6,8-9,13,16H,2,5,7,11-12H2/t16-/m0/s1. The van der Waals surface area contributed by atoms with Crippen LogP contribution < -0.4 is 0 Å². The van der Waals surface area contributed by atoms with E-state index in [4.69, 9.17) is 5.26 Å². The minimum atomic E-state index is 0.565. The molecule has 1 atom stereocenters. The molecule has 2 heterocycles. The Kier molecular flexibility index (Phi) is 3.80. The maximum atomic E-state index is 8.97. The molecule has 1 aromatic heterocycles. The summed E-state index contributed by atoms with van der Waals surface area (Å²) < 4.78 is 2.15. The van der Waals surface area contributed by atoms with Crippen molar-refractivity contribution in [2.75, 3.05) is 6.54 Å². The van der Waals surface area contributed by atoms with Gasteiger partial charge in [-0.3, -0.25) is 4.90 Å². The van der Waals surface area contributed by atoms with E-state index in [0.717, 1.165) is 25.2 Å². The van der Waals surface area contributed by atoms with Gasteiger partial charge in [0.15, 0.2) is 0 Å². The Labute approximate surface area is 119 Å². The second-order valence-corrected chi connectivity index (χ2v) is 5.34. The molecule has 0 unspecified atom stereocenters. The van der Waals surface area contributed by atoms with Gasteiger partial charge in [-0.05, 0) is 37.1 Å². The monoisotopic (exact) mass is 266 g/mol. The second kappa shape index (κ2) is 5.89.